The van der Waals surface area contributed by atoms with Crippen LogP contribution in [0.2, 0.25) is 0 Å². The first-order valence-electron chi connectivity index (χ1n) is 5.07. The predicted molar refractivity (Wildman–Crippen MR) is 53.7 cm³/mol. The first kappa shape index (κ1) is 8.89. The highest BCUT2D eigenvalue weighted by atomic mass is 32.1. The van der Waals surface area contributed by atoms with Crippen LogP contribution in [0, 0.1) is 5.41 Å². The lowest BCUT2D eigenvalue weighted by Gasteiger charge is -2.42. The van der Waals surface area contributed by atoms with Gasteiger partial charge in [0.1, 0.15) is 0 Å². The van der Waals surface area contributed by atoms with E-state index in [1.165, 1.54) is 38.5 Å². The molecule has 0 atom stereocenters. The molecule has 2 aliphatic carbocycles. The fraction of sp³-hybridized carbons (Fsp3) is 1.00. The highest BCUT2D eigenvalue weighted by molar-refractivity contribution is 7.80. The van der Waals surface area contributed by atoms with Crippen LogP contribution in [-0.4, -0.2) is 18.5 Å². The second kappa shape index (κ2) is 3.59. The van der Waals surface area contributed by atoms with Crippen LogP contribution in [0.15, 0.2) is 0 Å². The minimum atomic E-state index is 0.471. The molecule has 1 nitrogen and oxygen atoms in total. The molecule has 0 bridgehead atoms. The molecule has 0 aromatic rings. The number of rotatable bonds is 4. The van der Waals surface area contributed by atoms with Gasteiger partial charge in [0.25, 0.3) is 0 Å². The standard InChI is InChI=1S/C10H18OS/c12-8-10(5-2-6-10)7-11-9-3-1-4-9/h9,12H,1-8H2. The van der Waals surface area contributed by atoms with Crippen molar-refractivity contribution in [1.82, 2.24) is 0 Å². The third kappa shape index (κ3) is 1.64. The summed E-state index contributed by atoms with van der Waals surface area (Å²) < 4.78 is 5.83. The van der Waals surface area contributed by atoms with E-state index < -0.39 is 0 Å². The Morgan fingerprint density at radius 2 is 2.00 bits per heavy atom. The summed E-state index contributed by atoms with van der Waals surface area (Å²) in [7, 11) is 0. The first-order chi connectivity index (χ1) is 5.85. The lowest BCUT2D eigenvalue weighted by molar-refractivity contribution is -0.0614. The zero-order valence-electron chi connectivity index (χ0n) is 7.59. The lowest BCUT2D eigenvalue weighted by atomic mass is 9.71. The molecule has 70 valence electrons. The highest BCUT2D eigenvalue weighted by Gasteiger charge is 2.36. The minimum absolute atomic E-state index is 0.471. The number of hydrogen-bond donors (Lipinski definition) is 1. The van der Waals surface area contributed by atoms with E-state index in [0.29, 0.717) is 11.5 Å². The van der Waals surface area contributed by atoms with Gasteiger partial charge in [0.05, 0.1) is 12.7 Å². The van der Waals surface area contributed by atoms with E-state index in [1.807, 2.05) is 0 Å². The van der Waals surface area contributed by atoms with Crippen molar-refractivity contribution >= 4 is 12.6 Å². The molecule has 0 spiro atoms. The molecule has 0 saturated heterocycles. The normalized spacial score (nSPS) is 27.8. The van der Waals surface area contributed by atoms with E-state index in [0.717, 1.165) is 12.4 Å². The number of hydrogen-bond acceptors (Lipinski definition) is 2. The fourth-order valence-corrected chi connectivity index (χ4v) is 2.26. The average Bonchev–Trinajstić information content (AvgIpc) is 1.91. The molecule has 2 rings (SSSR count). The third-order valence-electron chi connectivity index (χ3n) is 3.43. The Hall–Kier alpha value is 0.310. The molecule has 0 unspecified atom stereocenters. The molecular weight excluding hydrogens is 168 g/mol. The second-order valence-corrected chi connectivity index (χ2v) is 4.69. The maximum atomic E-state index is 5.83. The lowest BCUT2D eigenvalue weighted by Crippen LogP contribution is -2.38. The molecule has 0 aromatic carbocycles. The summed E-state index contributed by atoms with van der Waals surface area (Å²) in [5.41, 5.74) is 0.471. The molecule has 0 radical (unpaired) electrons. The van der Waals surface area contributed by atoms with Crippen LogP contribution < -0.4 is 0 Å². The Balaban J connectivity index is 1.69. The quantitative estimate of drug-likeness (QED) is 0.664. The molecule has 2 saturated carbocycles. The molecule has 0 aromatic heterocycles. The van der Waals surface area contributed by atoms with E-state index in [4.69, 9.17) is 4.74 Å². The Kier molecular flexibility index (Phi) is 2.66. The van der Waals surface area contributed by atoms with Crippen molar-refractivity contribution in [1.29, 1.82) is 0 Å². The van der Waals surface area contributed by atoms with Crippen LogP contribution in [0.3, 0.4) is 0 Å². The first-order valence-corrected chi connectivity index (χ1v) is 5.70. The maximum absolute atomic E-state index is 5.83. The van der Waals surface area contributed by atoms with Crippen LogP contribution >= 0.6 is 12.6 Å². The van der Waals surface area contributed by atoms with Crippen molar-refractivity contribution < 1.29 is 4.74 Å². The molecule has 0 N–H and O–H groups in total. The Bertz CT molecular complexity index is 144. The molecule has 2 fully saturated rings. The predicted octanol–water partition coefficient (Wildman–Crippen LogP) is 2.66. The van der Waals surface area contributed by atoms with Crippen molar-refractivity contribution in [3.05, 3.63) is 0 Å². The Labute approximate surface area is 80.3 Å². The monoisotopic (exact) mass is 186 g/mol. The van der Waals surface area contributed by atoms with Gasteiger partial charge in [-0.2, -0.15) is 12.6 Å². The van der Waals surface area contributed by atoms with Gasteiger partial charge in [-0.1, -0.05) is 6.42 Å². The third-order valence-corrected chi connectivity index (χ3v) is 4.10. The van der Waals surface area contributed by atoms with Gasteiger partial charge in [-0.15, -0.1) is 0 Å². The van der Waals surface area contributed by atoms with Gasteiger partial charge in [-0.3, -0.25) is 0 Å². The van der Waals surface area contributed by atoms with Gasteiger partial charge in [0.2, 0.25) is 0 Å². The van der Waals surface area contributed by atoms with Crippen LogP contribution in [-0.2, 0) is 4.74 Å². The van der Waals surface area contributed by atoms with Crippen molar-refractivity contribution in [2.45, 2.75) is 44.6 Å². The van der Waals surface area contributed by atoms with Crippen molar-refractivity contribution in [3.8, 4) is 0 Å². The van der Waals surface area contributed by atoms with E-state index in [1.54, 1.807) is 0 Å². The average molecular weight is 186 g/mol. The molecular formula is C10H18OS. The topological polar surface area (TPSA) is 9.23 Å². The van der Waals surface area contributed by atoms with Gasteiger partial charge in [0, 0.05) is 5.41 Å². The molecule has 2 aliphatic rings. The van der Waals surface area contributed by atoms with E-state index in [-0.39, 0.29) is 0 Å². The second-order valence-electron chi connectivity index (χ2n) is 4.38. The molecule has 0 heterocycles. The van der Waals surface area contributed by atoms with Gasteiger partial charge < -0.3 is 4.74 Å². The van der Waals surface area contributed by atoms with Crippen molar-refractivity contribution in [3.63, 3.8) is 0 Å². The minimum Gasteiger partial charge on any atom is -0.378 e. The van der Waals surface area contributed by atoms with Gasteiger partial charge >= 0.3 is 0 Å². The number of ether oxygens (including phenoxy) is 1. The summed E-state index contributed by atoms with van der Waals surface area (Å²) in [5.74, 6) is 1.01. The smallest absolute Gasteiger partial charge is 0.0575 e. The van der Waals surface area contributed by atoms with Crippen molar-refractivity contribution in [2.75, 3.05) is 12.4 Å². The zero-order chi connectivity index (χ0) is 8.44. The Morgan fingerprint density at radius 3 is 2.33 bits per heavy atom. The fourth-order valence-electron chi connectivity index (χ4n) is 1.86. The number of thiol groups is 1. The SMILES string of the molecule is SCC1(COC2CCC2)CCC1. The summed E-state index contributed by atoms with van der Waals surface area (Å²) in [5, 5.41) is 0. The summed E-state index contributed by atoms with van der Waals surface area (Å²) in [6.45, 7) is 0.973. The van der Waals surface area contributed by atoms with Gasteiger partial charge in [-0.05, 0) is 37.9 Å². The van der Waals surface area contributed by atoms with Gasteiger partial charge in [-0.25, -0.2) is 0 Å². The molecule has 2 heteroatoms. The summed E-state index contributed by atoms with van der Waals surface area (Å²) in [6.07, 6.45) is 8.62. The van der Waals surface area contributed by atoms with Crippen LogP contribution in [0.5, 0.6) is 0 Å². The zero-order valence-corrected chi connectivity index (χ0v) is 8.48. The molecule has 0 amide bonds. The van der Waals surface area contributed by atoms with E-state index >= 15 is 0 Å². The van der Waals surface area contributed by atoms with Crippen molar-refractivity contribution in [2.24, 2.45) is 5.41 Å². The molecule has 12 heavy (non-hydrogen) atoms. The largest absolute Gasteiger partial charge is 0.378 e. The van der Waals surface area contributed by atoms with E-state index in [9.17, 15) is 0 Å². The van der Waals surface area contributed by atoms with Gasteiger partial charge in [0.15, 0.2) is 0 Å². The summed E-state index contributed by atoms with van der Waals surface area (Å²) in [4.78, 5) is 0. The van der Waals surface area contributed by atoms with Crippen LogP contribution in [0.1, 0.15) is 38.5 Å². The highest BCUT2D eigenvalue weighted by Crippen LogP contribution is 2.42. The summed E-state index contributed by atoms with van der Waals surface area (Å²) >= 11 is 4.40. The maximum Gasteiger partial charge on any atom is 0.0575 e. The van der Waals surface area contributed by atoms with E-state index in [2.05, 4.69) is 12.6 Å². The summed E-state index contributed by atoms with van der Waals surface area (Å²) in [6, 6.07) is 0. The molecule has 0 aliphatic heterocycles. The Morgan fingerprint density at radius 1 is 1.25 bits per heavy atom. The van der Waals surface area contributed by atoms with Crippen LogP contribution in [0.4, 0.5) is 0 Å². The van der Waals surface area contributed by atoms with Crippen LogP contribution in [0.25, 0.3) is 0 Å².